The normalized spacial score (nSPS) is 19.4. The minimum absolute atomic E-state index is 0.109. The number of hydrogen-bond acceptors (Lipinski definition) is 2. The largest absolute Gasteiger partial charge is 0.325 e. The maximum atomic E-state index is 13.9. The van der Waals surface area contributed by atoms with Crippen LogP contribution in [0.4, 0.5) is 10.1 Å². The van der Waals surface area contributed by atoms with Crippen molar-refractivity contribution in [3.8, 4) is 11.1 Å². The van der Waals surface area contributed by atoms with Crippen molar-refractivity contribution in [3.63, 3.8) is 0 Å². The van der Waals surface area contributed by atoms with E-state index in [1.165, 1.54) is 0 Å². The molecule has 0 aliphatic carbocycles. The van der Waals surface area contributed by atoms with Gasteiger partial charge in [0.05, 0.1) is 5.41 Å². The van der Waals surface area contributed by atoms with Crippen molar-refractivity contribution in [2.45, 2.75) is 25.2 Å². The molecule has 2 aliphatic rings. The molecule has 4 rings (SSSR count). The molecule has 124 valence electrons. The highest BCUT2D eigenvalue weighted by Gasteiger charge is 2.48. The number of halogens is 1. The number of aryl methyl sites for hydroxylation is 1. The van der Waals surface area contributed by atoms with E-state index in [4.69, 9.17) is 0 Å². The van der Waals surface area contributed by atoms with Gasteiger partial charge in [0.25, 0.3) is 0 Å². The van der Waals surface area contributed by atoms with Gasteiger partial charge in [-0.3, -0.25) is 4.79 Å². The Morgan fingerprint density at radius 3 is 2.46 bits per heavy atom. The molecular weight excluding hydrogens is 303 g/mol. The first-order valence-electron chi connectivity index (χ1n) is 8.41. The Hall–Kier alpha value is -2.20. The zero-order valence-electron chi connectivity index (χ0n) is 14.0. The summed E-state index contributed by atoms with van der Waals surface area (Å²) in [5.74, 6) is -0.0889. The number of nitrogens with one attached hydrogen (secondary N) is 1. The average molecular weight is 324 g/mol. The summed E-state index contributed by atoms with van der Waals surface area (Å²) in [6.07, 6.45) is 1.65. The standard InChI is InChI=1S/C20H21FN2O/c1-13-3-4-15(12-17(13)21)14-5-6-18-16(11-14)20(19(24)22-18)7-9-23(2)10-8-20/h3-6,11-12H,7-10H2,1-2H3,(H,22,24). The molecule has 2 aliphatic heterocycles. The second kappa shape index (κ2) is 5.42. The highest BCUT2D eigenvalue weighted by Crippen LogP contribution is 2.46. The fourth-order valence-electron chi connectivity index (χ4n) is 3.86. The van der Waals surface area contributed by atoms with Crippen molar-refractivity contribution in [1.29, 1.82) is 0 Å². The Bertz CT molecular complexity index is 822. The lowest BCUT2D eigenvalue weighted by atomic mass is 9.73. The van der Waals surface area contributed by atoms with Crippen LogP contribution in [0.5, 0.6) is 0 Å². The molecule has 0 radical (unpaired) electrons. The van der Waals surface area contributed by atoms with Gasteiger partial charge in [0.15, 0.2) is 0 Å². The van der Waals surface area contributed by atoms with Crippen LogP contribution in [-0.4, -0.2) is 30.9 Å². The van der Waals surface area contributed by atoms with Crippen LogP contribution in [0.1, 0.15) is 24.0 Å². The number of carbonyl (C=O) groups excluding carboxylic acids is 1. The van der Waals surface area contributed by atoms with E-state index in [-0.39, 0.29) is 11.7 Å². The van der Waals surface area contributed by atoms with Gasteiger partial charge >= 0.3 is 0 Å². The molecule has 0 atom stereocenters. The number of carbonyl (C=O) groups is 1. The Labute approximate surface area is 141 Å². The van der Waals surface area contributed by atoms with E-state index < -0.39 is 5.41 Å². The lowest BCUT2D eigenvalue weighted by molar-refractivity contribution is -0.122. The van der Waals surface area contributed by atoms with Crippen LogP contribution in [0.15, 0.2) is 36.4 Å². The third-order valence-electron chi connectivity index (χ3n) is 5.56. The first-order chi connectivity index (χ1) is 11.5. The molecule has 1 spiro atoms. The summed E-state index contributed by atoms with van der Waals surface area (Å²) >= 11 is 0. The van der Waals surface area contributed by atoms with E-state index in [2.05, 4.69) is 23.3 Å². The minimum atomic E-state index is -0.429. The third kappa shape index (κ3) is 2.25. The number of fused-ring (bicyclic) bond motifs is 2. The van der Waals surface area contributed by atoms with Crippen molar-refractivity contribution in [3.05, 3.63) is 53.3 Å². The highest BCUT2D eigenvalue weighted by atomic mass is 19.1. The van der Waals surface area contributed by atoms with E-state index >= 15 is 0 Å². The molecular formula is C20H21FN2O. The van der Waals surface area contributed by atoms with E-state index in [0.717, 1.165) is 48.3 Å². The summed E-state index contributed by atoms with van der Waals surface area (Å²) in [6.45, 7) is 3.59. The number of nitrogens with zero attached hydrogens (tertiary/aromatic N) is 1. The van der Waals surface area contributed by atoms with E-state index in [0.29, 0.717) is 5.56 Å². The predicted octanol–water partition coefficient (Wildman–Crippen LogP) is 3.72. The van der Waals surface area contributed by atoms with Crippen LogP contribution in [0, 0.1) is 12.7 Å². The summed E-state index contributed by atoms with van der Waals surface area (Å²) in [5, 5.41) is 3.04. The fraction of sp³-hybridized carbons (Fsp3) is 0.350. The lowest BCUT2D eigenvalue weighted by Gasteiger charge is -2.36. The van der Waals surface area contributed by atoms with Crippen LogP contribution in [0.2, 0.25) is 0 Å². The van der Waals surface area contributed by atoms with Crippen molar-refractivity contribution in [2.24, 2.45) is 0 Å². The second-order valence-electron chi connectivity index (χ2n) is 7.06. The maximum Gasteiger partial charge on any atom is 0.235 e. The molecule has 2 aromatic carbocycles. The van der Waals surface area contributed by atoms with Gasteiger partial charge in [-0.25, -0.2) is 4.39 Å². The molecule has 1 N–H and O–H groups in total. The average Bonchev–Trinajstić information content (AvgIpc) is 2.84. The molecule has 1 amide bonds. The smallest absolute Gasteiger partial charge is 0.235 e. The fourth-order valence-corrected chi connectivity index (χ4v) is 3.86. The summed E-state index contributed by atoms with van der Waals surface area (Å²) in [4.78, 5) is 14.9. The molecule has 4 heteroatoms. The monoisotopic (exact) mass is 324 g/mol. The van der Waals surface area contributed by atoms with E-state index in [9.17, 15) is 9.18 Å². The molecule has 3 nitrogen and oxygen atoms in total. The molecule has 2 aromatic rings. The van der Waals surface area contributed by atoms with Crippen LogP contribution in [-0.2, 0) is 10.2 Å². The molecule has 0 bridgehead atoms. The van der Waals surface area contributed by atoms with E-state index in [1.807, 2.05) is 18.2 Å². The topological polar surface area (TPSA) is 32.3 Å². The van der Waals surface area contributed by atoms with E-state index in [1.54, 1.807) is 19.1 Å². The number of piperidine rings is 1. The summed E-state index contributed by atoms with van der Waals surface area (Å²) in [7, 11) is 2.09. The highest BCUT2D eigenvalue weighted by molar-refractivity contribution is 6.06. The lowest BCUT2D eigenvalue weighted by Crippen LogP contribution is -2.45. The first kappa shape index (κ1) is 15.3. The van der Waals surface area contributed by atoms with Crippen molar-refractivity contribution >= 4 is 11.6 Å². The Morgan fingerprint density at radius 1 is 1.08 bits per heavy atom. The molecule has 2 heterocycles. The molecule has 1 saturated heterocycles. The zero-order valence-corrected chi connectivity index (χ0v) is 14.0. The summed E-state index contributed by atoms with van der Waals surface area (Å²) in [6, 6.07) is 11.3. The molecule has 24 heavy (non-hydrogen) atoms. The Morgan fingerprint density at radius 2 is 1.75 bits per heavy atom. The SMILES string of the molecule is Cc1ccc(-c2ccc3c(c2)C2(CCN(C)CC2)C(=O)N3)cc1F. The number of amides is 1. The maximum absolute atomic E-state index is 13.9. The summed E-state index contributed by atoms with van der Waals surface area (Å²) < 4.78 is 13.9. The van der Waals surface area contributed by atoms with Gasteiger partial charge in [-0.05, 0) is 80.4 Å². The van der Waals surface area contributed by atoms with Crippen LogP contribution < -0.4 is 5.32 Å². The summed E-state index contributed by atoms with van der Waals surface area (Å²) in [5.41, 5.74) is 4.00. The van der Waals surface area contributed by atoms with Crippen molar-refractivity contribution < 1.29 is 9.18 Å². The predicted molar refractivity (Wildman–Crippen MR) is 93.6 cm³/mol. The number of hydrogen-bond donors (Lipinski definition) is 1. The number of benzene rings is 2. The van der Waals surface area contributed by atoms with Crippen LogP contribution in [0.3, 0.4) is 0 Å². The third-order valence-corrected chi connectivity index (χ3v) is 5.56. The van der Waals surface area contributed by atoms with Gasteiger partial charge in [0, 0.05) is 5.69 Å². The van der Waals surface area contributed by atoms with Gasteiger partial charge in [-0.15, -0.1) is 0 Å². The van der Waals surface area contributed by atoms with Gasteiger partial charge in [0.1, 0.15) is 5.82 Å². The van der Waals surface area contributed by atoms with Gasteiger partial charge < -0.3 is 10.2 Å². The van der Waals surface area contributed by atoms with Crippen LogP contribution >= 0.6 is 0 Å². The zero-order chi connectivity index (χ0) is 16.9. The number of anilines is 1. The van der Waals surface area contributed by atoms with Crippen molar-refractivity contribution in [1.82, 2.24) is 4.90 Å². The second-order valence-corrected chi connectivity index (χ2v) is 7.06. The molecule has 1 fully saturated rings. The quantitative estimate of drug-likeness (QED) is 0.867. The molecule has 0 saturated carbocycles. The minimum Gasteiger partial charge on any atom is -0.325 e. The van der Waals surface area contributed by atoms with Crippen molar-refractivity contribution in [2.75, 3.05) is 25.5 Å². The molecule has 0 unspecified atom stereocenters. The Balaban J connectivity index is 1.79. The van der Waals surface area contributed by atoms with Gasteiger partial charge in [0.2, 0.25) is 5.91 Å². The first-order valence-corrected chi connectivity index (χ1v) is 8.41. The Kier molecular flexibility index (Phi) is 3.46. The van der Waals surface area contributed by atoms with Gasteiger partial charge in [-0.2, -0.15) is 0 Å². The number of likely N-dealkylation sites (tertiary alicyclic amines) is 1. The van der Waals surface area contributed by atoms with Gasteiger partial charge in [-0.1, -0.05) is 18.2 Å². The molecule has 0 aromatic heterocycles. The van der Waals surface area contributed by atoms with Crippen LogP contribution in [0.25, 0.3) is 11.1 Å². The number of rotatable bonds is 1.